The highest BCUT2D eigenvalue weighted by molar-refractivity contribution is 7.17. The van der Waals surface area contributed by atoms with E-state index < -0.39 is 17.6 Å². The first-order valence-corrected chi connectivity index (χ1v) is 9.54. The molecule has 1 aliphatic rings. The minimum Gasteiger partial charge on any atom is -0.481 e. The second-order valence-electron chi connectivity index (χ2n) is 6.65. The van der Waals surface area contributed by atoms with Gasteiger partial charge in [0.05, 0.1) is 5.56 Å². The molecule has 0 atom stereocenters. The number of halogens is 1. The van der Waals surface area contributed by atoms with Crippen LogP contribution in [0.5, 0.6) is 5.75 Å². The lowest BCUT2D eigenvalue weighted by molar-refractivity contribution is -0.118. The van der Waals surface area contributed by atoms with Crippen LogP contribution in [0.15, 0.2) is 24.3 Å². The average Bonchev–Trinajstić information content (AvgIpc) is 2.97. The molecule has 0 saturated carbocycles. The molecule has 0 saturated heterocycles. The van der Waals surface area contributed by atoms with E-state index >= 15 is 0 Å². The van der Waals surface area contributed by atoms with Crippen molar-refractivity contribution in [2.75, 3.05) is 18.5 Å². The summed E-state index contributed by atoms with van der Waals surface area (Å²) in [7, 11) is 0. The van der Waals surface area contributed by atoms with E-state index in [1.165, 1.54) is 29.5 Å². The lowest BCUT2D eigenvalue weighted by Crippen LogP contribution is -2.35. The Morgan fingerprint density at radius 2 is 2.11 bits per heavy atom. The normalized spacial score (nSPS) is 14.1. The van der Waals surface area contributed by atoms with Gasteiger partial charge in [0.1, 0.15) is 5.00 Å². The van der Waals surface area contributed by atoms with Gasteiger partial charge in [0.15, 0.2) is 18.2 Å². The Hall–Kier alpha value is -2.45. The second-order valence-corrected chi connectivity index (χ2v) is 7.76. The molecule has 3 N–H and O–H groups in total. The number of para-hydroxylation sites is 1. The summed E-state index contributed by atoms with van der Waals surface area (Å²) in [6.45, 7) is 5.44. The molecule has 2 aromatic rings. The Labute approximate surface area is 161 Å². The number of benzene rings is 1. The van der Waals surface area contributed by atoms with Crippen LogP contribution in [0.1, 0.15) is 34.6 Å². The second kappa shape index (κ2) is 8.06. The van der Waals surface area contributed by atoms with Crippen molar-refractivity contribution in [1.29, 1.82) is 0 Å². The van der Waals surface area contributed by atoms with Crippen LogP contribution in [0.2, 0.25) is 0 Å². The van der Waals surface area contributed by atoms with Crippen LogP contribution in [-0.2, 0) is 17.8 Å². The maximum absolute atomic E-state index is 13.6. The van der Waals surface area contributed by atoms with Gasteiger partial charge in [-0.15, -0.1) is 11.3 Å². The number of amides is 2. The largest absolute Gasteiger partial charge is 0.481 e. The summed E-state index contributed by atoms with van der Waals surface area (Å²) in [5, 5.41) is 3.13. The van der Waals surface area contributed by atoms with Gasteiger partial charge < -0.3 is 15.8 Å². The van der Waals surface area contributed by atoms with Crippen molar-refractivity contribution in [3.8, 4) is 5.75 Å². The van der Waals surface area contributed by atoms with Gasteiger partial charge in [-0.2, -0.15) is 0 Å². The number of ether oxygens (including phenoxy) is 1. The van der Waals surface area contributed by atoms with E-state index in [1.54, 1.807) is 6.07 Å². The third-order valence-corrected chi connectivity index (χ3v) is 5.64. The summed E-state index contributed by atoms with van der Waals surface area (Å²) in [6.07, 6.45) is 0.712. The van der Waals surface area contributed by atoms with E-state index in [9.17, 15) is 14.0 Å². The van der Waals surface area contributed by atoms with E-state index in [4.69, 9.17) is 10.5 Å². The van der Waals surface area contributed by atoms with Crippen molar-refractivity contribution >= 4 is 28.2 Å². The molecule has 1 aromatic heterocycles. The molecule has 0 bridgehead atoms. The monoisotopic (exact) mass is 391 g/mol. The Bertz CT molecular complexity index is 866. The lowest BCUT2D eigenvalue weighted by Gasteiger charge is -2.30. The van der Waals surface area contributed by atoms with Crippen LogP contribution >= 0.6 is 11.3 Å². The molecule has 0 unspecified atom stereocenters. The van der Waals surface area contributed by atoms with Crippen LogP contribution in [0.4, 0.5) is 9.39 Å². The molecule has 0 spiro atoms. The van der Waals surface area contributed by atoms with Crippen molar-refractivity contribution < 1.29 is 18.7 Å². The molecule has 0 radical (unpaired) electrons. The smallest absolute Gasteiger partial charge is 0.262 e. The summed E-state index contributed by atoms with van der Waals surface area (Å²) < 4.78 is 18.8. The number of primary amides is 1. The molecule has 1 aliphatic heterocycles. The van der Waals surface area contributed by atoms with E-state index in [-0.39, 0.29) is 12.4 Å². The molecule has 3 rings (SSSR count). The Balaban J connectivity index is 1.73. The number of carbonyl (C=O) groups is 2. The first-order valence-electron chi connectivity index (χ1n) is 8.72. The summed E-state index contributed by atoms with van der Waals surface area (Å²) in [4.78, 5) is 27.5. The third-order valence-electron chi connectivity index (χ3n) is 4.51. The number of nitrogens with one attached hydrogen (secondary N) is 1. The molecule has 2 amide bonds. The number of hydrogen-bond donors (Lipinski definition) is 2. The molecular formula is C19H22FN3O3S. The first-order chi connectivity index (χ1) is 12.9. The van der Waals surface area contributed by atoms with Crippen molar-refractivity contribution in [3.63, 3.8) is 0 Å². The number of hydrogen-bond acceptors (Lipinski definition) is 5. The average molecular weight is 391 g/mol. The van der Waals surface area contributed by atoms with Crippen LogP contribution in [0.3, 0.4) is 0 Å². The Morgan fingerprint density at radius 1 is 1.37 bits per heavy atom. The fraction of sp³-hybridized carbons (Fsp3) is 0.368. The maximum Gasteiger partial charge on any atom is 0.262 e. The molecular weight excluding hydrogens is 369 g/mol. The van der Waals surface area contributed by atoms with Crippen molar-refractivity contribution in [2.45, 2.75) is 32.9 Å². The van der Waals surface area contributed by atoms with Gasteiger partial charge in [-0.05, 0) is 38.0 Å². The van der Waals surface area contributed by atoms with Gasteiger partial charge in [-0.1, -0.05) is 12.1 Å². The van der Waals surface area contributed by atoms with Gasteiger partial charge in [0, 0.05) is 24.0 Å². The third kappa shape index (κ3) is 4.28. The quantitative estimate of drug-likeness (QED) is 0.793. The molecule has 6 nitrogen and oxygen atoms in total. The number of rotatable bonds is 6. The van der Waals surface area contributed by atoms with Crippen LogP contribution in [-0.4, -0.2) is 35.9 Å². The molecule has 27 heavy (non-hydrogen) atoms. The van der Waals surface area contributed by atoms with Gasteiger partial charge >= 0.3 is 0 Å². The minimum atomic E-state index is -0.559. The maximum atomic E-state index is 13.6. The molecule has 0 fully saturated rings. The number of fused-ring (bicyclic) bond motifs is 1. The topological polar surface area (TPSA) is 84.7 Å². The highest BCUT2D eigenvalue weighted by Crippen LogP contribution is 2.37. The van der Waals surface area contributed by atoms with Crippen LogP contribution in [0, 0.1) is 5.82 Å². The zero-order valence-electron chi connectivity index (χ0n) is 15.3. The number of carbonyl (C=O) groups excluding carboxylic acids is 2. The predicted molar refractivity (Wildman–Crippen MR) is 103 cm³/mol. The minimum absolute atomic E-state index is 0.000763. The number of nitrogens with two attached hydrogens (primary N) is 1. The fourth-order valence-corrected chi connectivity index (χ4v) is 4.38. The van der Waals surface area contributed by atoms with Gasteiger partial charge in [-0.3, -0.25) is 14.5 Å². The highest BCUT2D eigenvalue weighted by Gasteiger charge is 2.28. The molecule has 8 heteroatoms. The van der Waals surface area contributed by atoms with Crippen molar-refractivity contribution in [3.05, 3.63) is 46.1 Å². The van der Waals surface area contributed by atoms with Gasteiger partial charge in [0.25, 0.3) is 11.8 Å². The van der Waals surface area contributed by atoms with E-state index in [2.05, 4.69) is 24.1 Å². The Morgan fingerprint density at radius 3 is 2.78 bits per heavy atom. The van der Waals surface area contributed by atoms with E-state index in [0.717, 1.165) is 23.5 Å². The SMILES string of the molecule is CC(C)N1CCc2c(sc(NC(=O)COc3ccccc3F)c2C(N)=O)C1. The lowest BCUT2D eigenvalue weighted by atomic mass is 10.0. The fourth-order valence-electron chi connectivity index (χ4n) is 3.08. The summed E-state index contributed by atoms with van der Waals surface area (Å²) in [5.41, 5.74) is 6.84. The standard InChI is InChI=1S/C19H22FN3O3S/c1-11(2)23-8-7-12-15(9-23)27-19(17(12)18(21)25)22-16(24)10-26-14-6-4-3-5-13(14)20/h3-6,11H,7-10H2,1-2H3,(H2,21,25)(H,22,24). The van der Waals surface area contributed by atoms with Crippen molar-refractivity contribution in [2.24, 2.45) is 5.73 Å². The van der Waals surface area contributed by atoms with E-state index in [1.807, 2.05) is 0 Å². The summed E-state index contributed by atoms with van der Waals surface area (Å²) in [5.74, 6) is -1.57. The molecule has 2 heterocycles. The molecule has 144 valence electrons. The number of nitrogens with zero attached hydrogens (tertiary/aromatic N) is 1. The van der Waals surface area contributed by atoms with Crippen LogP contribution < -0.4 is 15.8 Å². The Kier molecular flexibility index (Phi) is 5.76. The highest BCUT2D eigenvalue weighted by atomic mass is 32.1. The summed E-state index contributed by atoms with van der Waals surface area (Å²) >= 11 is 1.36. The predicted octanol–water partition coefficient (Wildman–Crippen LogP) is 2.77. The summed E-state index contributed by atoms with van der Waals surface area (Å²) in [6, 6.07) is 6.26. The molecule has 1 aromatic carbocycles. The zero-order chi connectivity index (χ0) is 19.6. The number of thiophene rings is 1. The van der Waals surface area contributed by atoms with Crippen LogP contribution in [0.25, 0.3) is 0 Å². The first kappa shape index (κ1) is 19.3. The van der Waals surface area contributed by atoms with Crippen molar-refractivity contribution in [1.82, 2.24) is 4.90 Å². The van der Waals surface area contributed by atoms with E-state index in [0.29, 0.717) is 23.0 Å². The number of anilines is 1. The van der Waals surface area contributed by atoms with Gasteiger partial charge in [0.2, 0.25) is 0 Å². The zero-order valence-corrected chi connectivity index (χ0v) is 16.1. The van der Waals surface area contributed by atoms with Gasteiger partial charge in [-0.25, -0.2) is 4.39 Å². The molecule has 0 aliphatic carbocycles.